The average molecular weight is 384 g/mol. The molecule has 2 N–H and O–H groups in total. The number of anilines is 2. The highest BCUT2D eigenvalue weighted by molar-refractivity contribution is 7.92. The van der Waals surface area contributed by atoms with Gasteiger partial charge in [0.15, 0.2) is 0 Å². The van der Waals surface area contributed by atoms with Gasteiger partial charge in [-0.2, -0.15) is 0 Å². The van der Waals surface area contributed by atoms with E-state index in [4.69, 9.17) is 0 Å². The van der Waals surface area contributed by atoms with E-state index in [1.807, 2.05) is 19.1 Å². The van der Waals surface area contributed by atoms with Crippen LogP contribution in [0.3, 0.4) is 0 Å². The lowest BCUT2D eigenvalue weighted by Crippen LogP contribution is -2.13. The van der Waals surface area contributed by atoms with E-state index in [0.717, 1.165) is 17.7 Å². The molecule has 27 heavy (non-hydrogen) atoms. The van der Waals surface area contributed by atoms with Crippen LogP contribution in [-0.2, 0) is 23.0 Å². The number of sulfonamides is 1. The molecule has 0 aromatic heterocycles. The number of halogens is 1. The van der Waals surface area contributed by atoms with Crippen LogP contribution >= 0.6 is 0 Å². The van der Waals surface area contributed by atoms with Crippen molar-refractivity contribution in [2.75, 3.05) is 10.0 Å². The molecule has 3 aromatic rings. The van der Waals surface area contributed by atoms with Crippen LogP contribution in [0.1, 0.15) is 18.1 Å². The monoisotopic (exact) mass is 384 g/mol. The molecule has 0 saturated carbocycles. The molecule has 0 spiro atoms. The highest BCUT2D eigenvalue weighted by atomic mass is 32.2. The first-order valence-electron chi connectivity index (χ1n) is 8.67. The molecule has 0 radical (unpaired) electrons. The van der Waals surface area contributed by atoms with Gasteiger partial charge in [-0.3, -0.25) is 4.72 Å². The minimum Gasteiger partial charge on any atom is -0.381 e. The second-order valence-corrected chi connectivity index (χ2v) is 7.81. The number of nitrogens with one attached hydrogen (secondary N) is 2. The molecule has 0 aliphatic rings. The summed E-state index contributed by atoms with van der Waals surface area (Å²) in [6.07, 6.45) is 0.856. The van der Waals surface area contributed by atoms with E-state index in [2.05, 4.69) is 10.0 Å². The lowest BCUT2D eigenvalue weighted by molar-refractivity contribution is 0.601. The lowest BCUT2D eigenvalue weighted by atomic mass is 10.2. The van der Waals surface area contributed by atoms with Gasteiger partial charge in [-0.05, 0) is 54.4 Å². The van der Waals surface area contributed by atoms with Crippen LogP contribution in [0.2, 0.25) is 0 Å². The van der Waals surface area contributed by atoms with Gasteiger partial charge in [0, 0.05) is 23.5 Å². The van der Waals surface area contributed by atoms with Gasteiger partial charge in [0.25, 0.3) is 10.0 Å². The second kappa shape index (κ2) is 8.22. The Morgan fingerprint density at radius 1 is 0.852 bits per heavy atom. The molecule has 0 bridgehead atoms. The van der Waals surface area contributed by atoms with Gasteiger partial charge in [0.1, 0.15) is 5.82 Å². The number of rotatable bonds is 7. The Kier molecular flexibility index (Phi) is 5.76. The fourth-order valence-electron chi connectivity index (χ4n) is 2.61. The zero-order chi connectivity index (χ0) is 19.3. The Labute approximate surface area is 159 Å². The Morgan fingerprint density at radius 3 is 2.11 bits per heavy atom. The summed E-state index contributed by atoms with van der Waals surface area (Å²) < 4.78 is 41.1. The molecular formula is C21H21FN2O2S. The molecule has 0 heterocycles. The molecule has 4 nitrogen and oxygen atoms in total. The van der Waals surface area contributed by atoms with Crippen molar-refractivity contribution in [1.82, 2.24) is 0 Å². The Hall–Kier alpha value is -2.86. The number of hydrogen-bond donors (Lipinski definition) is 2. The summed E-state index contributed by atoms with van der Waals surface area (Å²) in [5.74, 6) is -0.261. The van der Waals surface area contributed by atoms with Crippen molar-refractivity contribution in [2.24, 2.45) is 0 Å². The minimum absolute atomic E-state index is 0.224. The van der Waals surface area contributed by atoms with E-state index in [1.165, 1.54) is 6.07 Å². The fourth-order valence-corrected chi connectivity index (χ4v) is 3.67. The molecule has 0 aliphatic heterocycles. The average Bonchev–Trinajstić information content (AvgIpc) is 2.68. The molecule has 3 aromatic carbocycles. The fraction of sp³-hybridized carbons (Fsp3) is 0.143. The third kappa shape index (κ3) is 4.86. The van der Waals surface area contributed by atoms with E-state index in [-0.39, 0.29) is 10.7 Å². The normalized spacial score (nSPS) is 11.2. The van der Waals surface area contributed by atoms with E-state index in [9.17, 15) is 12.8 Å². The maximum Gasteiger partial charge on any atom is 0.261 e. The van der Waals surface area contributed by atoms with Gasteiger partial charge in [-0.15, -0.1) is 0 Å². The van der Waals surface area contributed by atoms with E-state index in [1.54, 1.807) is 54.6 Å². The van der Waals surface area contributed by atoms with Crippen LogP contribution < -0.4 is 10.0 Å². The molecule has 0 unspecified atom stereocenters. The summed E-state index contributed by atoms with van der Waals surface area (Å²) in [4.78, 5) is 0.224. The van der Waals surface area contributed by atoms with Crippen molar-refractivity contribution in [3.8, 4) is 0 Å². The number of aryl methyl sites for hydroxylation is 1. The lowest BCUT2D eigenvalue weighted by Gasteiger charge is -2.11. The predicted molar refractivity (Wildman–Crippen MR) is 107 cm³/mol. The molecule has 6 heteroatoms. The first-order chi connectivity index (χ1) is 13.0. The van der Waals surface area contributed by atoms with Crippen molar-refractivity contribution in [3.05, 3.63) is 89.7 Å². The molecule has 0 amide bonds. The maximum absolute atomic E-state index is 13.6. The predicted octanol–water partition coefficient (Wildman–Crippen LogP) is 4.80. The maximum atomic E-state index is 13.6. The molecule has 140 valence electrons. The van der Waals surface area contributed by atoms with Crippen LogP contribution in [0.25, 0.3) is 0 Å². The summed E-state index contributed by atoms with van der Waals surface area (Å²) in [7, 11) is -3.63. The molecular weight excluding hydrogens is 363 g/mol. The largest absolute Gasteiger partial charge is 0.381 e. The quantitative estimate of drug-likeness (QED) is 0.615. The molecule has 0 aliphatic carbocycles. The standard InChI is InChI=1S/C21H21FN2O2S/c1-2-16-7-13-20(14-8-16)27(25,26)24-19-11-9-18(10-12-19)23-15-17-5-3-4-6-21(17)22/h3-14,23-24H,2,15H2,1H3. The zero-order valence-electron chi connectivity index (χ0n) is 14.9. The van der Waals surface area contributed by atoms with Crippen LogP contribution in [0.5, 0.6) is 0 Å². The van der Waals surface area contributed by atoms with Crippen LogP contribution in [0.15, 0.2) is 77.7 Å². The van der Waals surface area contributed by atoms with Gasteiger partial charge in [0.2, 0.25) is 0 Å². The van der Waals surface area contributed by atoms with Crippen LogP contribution in [0.4, 0.5) is 15.8 Å². The van der Waals surface area contributed by atoms with Gasteiger partial charge < -0.3 is 5.32 Å². The highest BCUT2D eigenvalue weighted by Gasteiger charge is 2.13. The van der Waals surface area contributed by atoms with Gasteiger partial charge in [0.05, 0.1) is 4.90 Å². The summed E-state index contributed by atoms with van der Waals surface area (Å²) >= 11 is 0. The Morgan fingerprint density at radius 2 is 1.48 bits per heavy atom. The van der Waals surface area contributed by atoms with Crippen molar-refractivity contribution in [2.45, 2.75) is 24.8 Å². The third-order valence-electron chi connectivity index (χ3n) is 4.22. The van der Waals surface area contributed by atoms with Gasteiger partial charge in [-0.1, -0.05) is 37.3 Å². The van der Waals surface area contributed by atoms with E-state index in [0.29, 0.717) is 17.8 Å². The van der Waals surface area contributed by atoms with Crippen LogP contribution in [-0.4, -0.2) is 8.42 Å². The summed E-state index contributed by atoms with van der Waals surface area (Å²) in [5.41, 5.74) is 2.89. The Bertz CT molecular complexity index is 1000. The molecule has 3 rings (SSSR count). The second-order valence-electron chi connectivity index (χ2n) is 6.13. The molecule has 0 fully saturated rings. The van der Waals surface area contributed by atoms with Crippen molar-refractivity contribution in [1.29, 1.82) is 0 Å². The molecule has 0 atom stereocenters. The number of hydrogen-bond acceptors (Lipinski definition) is 3. The SMILES string of the molecule is CCc1ccc(S(=O)(=O)Nc2ccc(NCc3ccccc3F)cc2)cc1. The van der Waals surface area contributed by atoms with Crippen molar-refractivity contribution in [3.63, 3.8) is 0 Å². The zero-order valence-corrected chi connectivity index (χ0v) is 15.8. The Balaban J connectivity index is 1.65. The topological polar surface area (TPSA) is 58.2 Å². The summed E-state index contributed by atoms with van der Waals surface area (Å²) in [5, 5.41) is 3.12. The van der Waals surface area contributed by atoms with E-state index < -0.39 is 10.0 Å². The third-order valence-corrected chi connectivity index (χ3v) is 5.62. The van der Waals surface area contributed by atoms with Gasteiger partial charge >= 0.3 is 0 Å². The minimum atomic E-state index is -3.63. The first kappa shape index (κ1) is 18.9. The van der Waals surface area contributed by atoms with Crippen LogP contribution in [0, 0.1) is 5.82 Å². The highest BCUT2D eigenvalue weighted by Crippen LogP contribution is 2.19. The van der Waals surface area contributed by atoms with Crippen molar-refractivity contribution >= 4 is 21.4 Å². The smallest absolute Gasteiger partial charge is 0.261 e. The van der Waals surface area contributed by atoms with Gasteiger partial charge in [-0.25, -0.2) is 12.8 Å². The van der Waals surface area contributed by atoms with Crippen molar-refractivity contribution < 1.29 is 12.8 Å². The summed E-state index contributed by atoms with van der Waals surface area (Å²) in [6, 6.07) is 20.2. The molecule has 0 saturated heterocycles. The van der Waals surface area contributed by atoms with E-state index >= 15 is 0 Å². The first-order valence-corrected chi connectivity index (χ1v) is 10.2. The summed E-state index contributed by atoms with van der Waals surface area (Å²) in [6.45, 7) is 2.37. The number of benzene rings is 3.